The third-order valence-corrected chi connectivity index (χ3v) is 11.4. The maximum absolute atomic E-state index is 11.9. The summed E-state index contributed by atoms with van der Waals surface area (Å²) in [5.74, 6) is 0. The second-order valence-corrected chi connectivity index (χ2v) is 22.2. The zero-order chi connectivity index (χ0) is 26.9. The van der Waals surface area contributed by atoms with E-state index in [1.165, 1.54) is 21.5 Å². The van der Waals surface area contributed by atoms with E-state index in [1.54, 1.807) is 0 Å². The van der Waals surface area contributed by atoms with Crippen LogP contribution < -0.4 is 0 Å². The van der Waals surface area contributed by atoms with Gasteiger partial charge in [0.1, 0.15) is 0 Å². The standard InChI is InChI=1S/C32H50O2Si2/c1-9-11-23-27(31(35(3,4)5)29(33)25-19-15-13-16-20-25)28(24-12-10-2)32(36(6,7)8)30(34)26-21-17-14-18-22-26/h13-22,29-30,33-34H,9-12,23-24H2,1-8H3/b31-27-,32-28-. The van der Waals surface area contributed by atoms with Crippen molar-refractivity contribution in [3.8, 4) is 0 Å². The molecule has 36 heavy (non-hydrogen) atoms. The maximum atomic E-state index is 11.9. The monoisotopic (exact) mass is 522 g/mol. The van der Waals surface area contributed by atoms with Crippen molar-refractivity contribution in [3.05, 3.63) is 93.3 Å². The lowest BCUT2D eigenvalue weighted by Crippen LogP contribution is -2.33. The van der Waals surface area contributed by atoms with Gasteiger partial charge in [0.2, 0.25) is 0 Å². The first-order chi connectivity index (χ1) is 16.9. The van der Waals surface area contributed by atoms with E-state index in [0.717, 1.165) is 49.7 Å². The molecule has 0 aliphatic carbocycles. The first-order valence-corrected chi connectivity index (χ1v) is 20.9. The molecule has 0 radical (unpaired) electrons. The highest BCUT2D eigenvalue weighted by atomic mass is 28.3. The Hall–Kier alpha value is -1.73. The zero-order valence-electron chi connectivity index (χ0n) is 24.1. The van der Waals surface area contributed by atoms with E-state index < -0.39 is 28.4 Å². The van der Waals surface area contributed by atoms with Crippen molar-refractivity contribution in [2.75, 3.05) is 0 Å². The molecule has 0 spiro atoms. The second-order valence-electron chi connectivity index (χ2n) is 12.1. The molecule has 0 aromatic heterocycles. The fourth-order valence-corrected chi connectivity index (χ4v) is 9.60. The third kappa shape index (κ3) is 8.14. The number of allylic oxidation sites excluding steroid dienone is 2. The Morgan fingerprint density at radius 1 is 0.583 bits per heavy atom. The van der Waals surface area contributed by atoms with Crippen molar-refractivity contribution in [1.82, 2.24) is 0 Å². The lowest BCUT2D eigenvalue weighted by atomic mass is 9.90. The van der Waals surface area contributed by atoms with Crippen LogP contribution in [0.4, 0.5) is 0 Å². The zero-order valence-corrected chi connectivity index (χ0v) is 26.1. The van der Waals surface area contributed by atoms with E-state index in [1.807, 2.05) is 36.4 Å². The molecule has 0 saturated carbocycles. The molecule has 0 amide bonds. The van der Waals surface area contributed by atoms with Gasteiger partial charge in [-0.25, -0.2) is 0 Å². The van der Waals surface area contributed by atoms with Gasteiger partial charge in [0.25, 0.3) is 0 Å². The molecule has 2 N–H and O–H groups in total. The summed E-state index contributed by atoms with van der Waals surface area (Å²) in [5.41, 5.74) is 4.62. The molecule has 4 heteroatoms. The van der Waals surface area contributed by atoms with Gasteiger partial charge in [-0.05, 0) is 58.3 Å². The molecule has 2 atom stereocenters. The van der Waals surface area contributed by atoms with Gasteiger partial charge in [-0.15, -0.1) is 0 Å². The lowest BCUT2D eigenvalue weighted by molar-refractivity contribution is 0.218. The van der Waals surface area contributed by atoms with Crippen LogP contribution in [-0.4, -0.2) is 26.4 Å². The molecule has 0 bridgehead atoms. The highest BCUT2D eigenvalue weighted by molar-refractivity contribution is 6.84. The molecule has 2 unspecified atom stereocenters. The number of hydrogen-bond acceptors (Lipinski definition) is 2. The van der Waals surface area contributed by atoms with E-state index in [4.69, 9.17) is 0 Å². The maximum Gasteiger partial charge on any atom is 0.0971 e. The molecule has 2 aromatic carbocycles. The Balaban J connectivity index is 2.98. The van der Waals surface area contributed by atoms with Crippen molar-refractivity contribution in [2.45, 2.75) is 104 Å². The topological polar surface area (TPSA) is 40.5 Å². The lowest BCUT2D eigenvalue weighted by Gasteiger charge is -2.36. The summed E-state index contributed by atoms with van der Waals surface area (Å²) in [5, 5.41) is 26.3. The Kier molecular flexibility index (Phi) is 11.6. The minimum atomic E-state index is -1.94. The second kappa shape index (κ2) is 13.7. The number of hydrogen-bond donors (Lipinski definition) is 2. The molecule has 0 aliphatic rings. The van der Waals surface area contributed by atoms with Crippen LogP contribution in [-0.2, 0) is 0 Å². The predicted molar refractivity (Wildman–Crippen MR) is 163 cm³/mol. The van der Waals surface area contributed by atoms with Gasteiger partial charge < -0.3 is 10.2 Å². The summed E-state index contributed by atoms with van der Waals surface area (Å²) in [6, 6.07) is 20.3. The highest BCUT2D eigenvalue weighted by Gasteiger charge is 2.35. The minimum absolute atomic E-state index is 0.613. The summed E-state index contributed by atoms with van der Waals surface area (Å²) in [6.45, 7) is 18.7. The first kappa shape index (κ1) is 30.5. The Bertz CT molecular complexity index is 912. The summed E-state index contributed by atoms with van der Waals surface area (Å²) < 4.78 is 0. The Morgan fingerprint density at radius 3 is 1.14 bits per heavy atom. The first-order valence-electron chi connectivity index (χ1n) is 13.9. The van der Waals surface area contributed by atoms with Crippen LogP contribution in [0.15, 0.2) is 82.2 Å². The molecule has 0 heterocycles. The van der Waals surface area contributed by atoms with E-state index in [-0.39, 0.29) is 0 Å². The smallest absolute Gasteiger partial charge is 0.0971 e. The fourth-order valence-electron chi connectivity index (χ4n) is 5.26. The van der Waals surface area contributed by atoms with Crippen molar-refractivity contribution in [1.29, 1.82) is 0 Å². The molecular weight excluding hydrogens is 473 g/mol. The van der Waals surface area contributed by atoms with Crippen molar-refractivity contribution < 1.29 is 10.2 Å². The fraction of sp³-hybridized carbons (Fsp3) is 0.500. The van der Waals surface area contributed by atoms with E-state index in [9.17, 15) is 10.2 Å². The van der Waals surface area contributed by atoms with Gasteiger partial charge in [0.15, 0.2) is 0 Å². The summed E-state index contributed by atoms with van der Waals surface area (Å²) >= 11 is 0. The molecule has 0 fully saturated rings. The van der Waals surface area contributed by atoms with Gasteiger partial charge in [0, 0.05) is 0 Å². The van der Waals surface area contributed by atoms with Gasteiger partial charge in [-0.2, -0.15) is 0 Å². The summed E-state index contributed by atoms with van der Waals surface area (Å²) in [6.07, 6.45) is 5.06. The van der Waals surface area contributed by atoms with Crippen molar-refractivity contribution in [3.63, 3.8) is 0 Å². The van der Waals surface area contributed by atoms with E-state index in [2.05, 4.69) is 77.4 Å². The Labute approximate surface area is 223 Å². The van der Waals surface area contributed by atoms with Gasteiger partial charge in [-0.3, -0.25) is 0 Å². The van der Waals surface area contributed by atoms with Crippen LogP contribution in [0.5, 0.6) is 0 Å². The molecule has 2 nitrogen and oxygen atoms in total. The van der Waals surface area contributed by atoms with Crippen LogP contribution in [0.1, 0.15) is 75.7 Å². The largest absolute Gasteiger partial charge is 0.384 e. The average molecular weight is 523 g/mol. The number of rotatable bonds is 13. The SMILES string of the molecule is CCCCC(/C(CCCC)=C(/C(O)c1ccccc1)[Si](C)(C)C)=C(\C(O)c1ccccc1)[Si](C)(C)C. The summed E-state index contributed by atoms with van der Waals surface area (Å²) in [7, 11) is -3.87. The molecule has 2 aromatic rings. The molecule has 2 rings (SSSR count). The quantitative estimate of drug-likeness (QED) is 0.203. The van der Waals surface area contributed by atoms with Crippen molar-refractivity contribution in [2.24, 2.45) is 0 Å². The number of aliphatic hydroxyl groups is 2. The van der Waals surface area contributed by atoms with Crippen LogP contribution >= 0.6 is 0 Å². The molecular formula is C32H50O2Si2. The average Bonchev–Trinajstić information content (AvgIpc) is 2.83. The van der Waals surface area contributed by atoms with E-state index >= 15 is 0 Å². The predicted octanol–water partition coefficient (Wildman–Crippen LogP) is 9.18. The number of unbranched alkanes of at least 4 members (excludes halogenated alkanes) is 2. The highest BCUT2D eigenvalue weighted by Crippen LogP contribution is 2.43. The minimum Gasteiger partial charge on any atom is -0.384 e. The summed E-state index contributed by atoms with van der Waals surface area (Å²) in [4.78, 5) is 0. The molecule has 0 aliphatic heterocycles. The number of benzene rings is 2. The van der Waals surface area contributed by atoms with Crippen LogP contribution in [0.2, 0.25) is 39.3 Å². The Morgan fingerprint density at radius 2 is 0.889 bits per heavy atom. The van der Waals surface area contributed by atoms with Crippen LogP contribution in [0, 0.1) is 0 Å². The van der Waals surface area contributed by atoms with Gasteiger partial charge >= 0.3 is 0 Å². The van der Waals surface area contributed by atoms with E-state index in [0.29, 0.717) is 0 Å². The third-order valence-electron chi connectivity index (χ3n) is 6.97. The van der Waals surface area contributed by atoms with Crippen LogP contribution in [0.25, 0.3) is 0 Å². The van der Waals surface area contributed by atoms with Crippen LogP contribution in [0.3, 0.4) is 0 Å². The molecule has 198 valence electrons. The van der Waals surface area contributed by atoms with Gasteiger partial charge in [0.05, 0.1) is 28.4 Å². The van der Waals surface area contributed by atoms with Crippen molar-refractivity contribution >= 4 is 16.1 Å². The molecule has 0 saturated heterocycles. The van der Waals surface area contributed by atoms with Gasteiger partial charge in [-0.1, -0.05) is 127 Å². The normalized spacial score (nSPS) is 15.7. The number of aliphatic hydroxyl groups excluding tert-OH is 2.